The van der Waals surface area contributed by atoms with Crippen molar-refractivity contribution in [2.24, 2.45) is 0 Å². The van der Waals surface area contributed by atoms with E-state index < -0.39 is 7.12 Å². The van der Waals surface area contributed by atoms with Crippen molar-refractivity contribution in [2.45, 2.75) is 52.2 Å². The summed E-state index contributed by atoms with van der Waals surface area (Å²) in [6.45, 7) is 11.6. The third-order valence-electron chi connectivity index (χ3n) is 5.23. The summed E-state index contributed by atoms with van der Waals surface area (Å²) in [4.78, 5) is 14.0. The Labute approximate surface area is 144 Å². The van der Waals surface area contributed by atoms with Crippen molar-refractivity contribution in [3.8, 4) is 0 Å². The molecule has 0 saturated carbocycles. The minimum atomic E-state index is -0.420. The van der Waals surface area contributed by atoms with Crippen molar-refractivity contribution in [1.82, 2.24) is 0 Å². The normalized spacial score (nSPS) is 23.0. The van der Waals surface area contributed by atoms with Crippen LogP contribution < -0.4 is 10.4 Å². The highest BCUT2D eigenvalue weighted by Gasteiger charge is 2.51. The lowest BCUT2D eigenvalue weighted by atomic mass is 9.77. The quantitative estimate of drug-likeness (QED) is 0.794. The fraction of sp³-hybridized carbons (Fsp3) is 0.611. The first-order chi connectivity index (χ1) is 11.2. The zero-order valence-electron chi connectivity index (χ0n) is 15.2. The average molecular weight is 331 g/mol. The Morgan fingerprint density at radius 1 is 1.12 bits per heavy atom. The van der Waals surface area contributed by atoms with Crippen LogP contribution in [0.25, 0.3) is 0 Å². The van der Waals surface area contributed by atoms with Gasteiger partial charge in [-0.05, 0) is 57.3 Å². The Hall–Kier alpha value is -1.37. The summed E-state index contributed by atoms with van der Waals surface area (Å²) >= 11 is 0. The first-order valence-electron chi connectivity index (χ1n) is 8.61. The molecule has 0 aliphatic carbocycles. The third kappa shape index (κ3) is 3.10. The molecule has 0 atom stereocenters. The van der Waals surface area contributed by atoms with Crippen molar-refractivity contribution >= 4 is 24.2 Å². The smallest absolute Gasteiger partial charge is 0.399 e. The molecule has 0 radical (unpaired) electrons. The maximum absolute atomic E-state index is 12.2. The molecular weight excluding hydrogens is 305 g/mol. The van der Waals surface area contributed by atoms with Gasteiger partial charge in [-0.3, -0.25) is 4.79 Å². The molecule has 0 unspecified atom stereocenters. The molecule has 0 N–H and O–H groups in total. The van der Waals surface area contributed by atoms with Crippen molar-refractivity contribution in [1.29, 1.82) is 0 Å². The lowest BCUT2D eigenvalue weighted by molar-refractivity contribution is -0.125. The number of carbonyl (C=O) groups excluding carboxylic acids is 1. The molecule has 1 amide bonds. The van der Waals surface area contributed by atoms with Crippen LogP contribution in [-0.4, -0.2) is 44.0 Å². The summed E-state index contributed by atoms with van der Waals surface area (Å²) < 4.78 is 17.6. The molecule has 130 valence electrons. The molecular formula is C18H26BNO4. The second kappa shape index (κ2) is 6.17. The van der Waals surface area contributed by atoms with Gasteiger partial charge in [0.05, 0.1) is 17.8 Å². The molecule has 3 rings (SSSR count). The van der Waals surface area contributed by atoms with E-state index in [1.165, 1.54) is 0 Å². The molecule has 1 aromatic carbocycles. The van der Waals surface area contributed by atoms with Gasteiger partial charge in [0.15, 0.2) is 0 Å². The number of benzene rings is 1. The van der Waals surface area contributed by atoms with E-state index in [0.717, 1.165) is 23.1 Å². The van der Waals surface area contributed by atoms with Gasteiger partial charge in [-0.1, -0.05) is 13.0 Å². The van der Waals surface area contributed by atoms with E-state index in [1.54, 1.807) is 4.90 Å². The number of aryl methyl sites for hydroxylation is 1. The minimum Gasteiger partial charge on any atom is -0.399 e. The van der Waals surface area contributed by atoms with Crippen molar-refractivity contribution < 1.29 is 18.8 Å². The van der Waals surface area contributed by atoms with Gasteiger partial charge >= 0.3 is 7.12 Å². The van der Waals surface area contributed by atoms with Crippen LogP contribution in [0.3, 0.4) is 0 Å². The highest BCUT2D eigenvalue weighted by Crippen LogP contribution is 2.36. The first-order valence-corrected chi connectivity index (χ1v) is 8.61. The van der Waals surface area contributed by atoms with Gasteiger partial charge in [0.1, 0.15) is 6.61 Å². The van der Waals surface area contributed by atoms with Crippen LogP contribution in [0.1, 0.15) is 40.2 Å². The molecule has 24 heavy (non-hydrogen) atoms. The number of ether oxygens (including phenoxy) is 1. The minimum absolute atomic E-state index is 0.00521. The number of hydrogen-bond acceptors (Lipinski definition) is 4. The summed E-state index contributed by atoms with van der Waals surface area (Å²) in [5, 5.41) is 0. The molecule has 0 aromatic heterocycles. The predicted molar refractivity (Wildman–Crippen MR) is 94.7 cm³/mol. The largest absolute Gasteiger partial charge is 0.494 e. The molecule has 2 aliphatic rings. The SMILES string of the molecule is CCc1cc(B2OC(C)(C)C(C)(C)O2)cc(N2CCOCC2=O)c1. The number of carbonyl (C=O) groups is 1. The van der Waals surface area contributed by atoms with Crippen LogP contribution >= 0.6 is 0 Å². The summed E-state index contributed by atoms with van der Waals surface area (Å²) in [5.41, 5.74) is 2.26. The van der Waals surface area contributed by atoms with Crippen LogP contribution in [0.2, 0.25) is 0 Å². The Balaban J connectivity index is 1.94. The topological polar surface area (TPSA) is 48.0 Å². The molecule has 2 aliphatic heterocycles. The summed E-state index contributed by atoms with van der Waals surface area (Å²) in [6.07, 6.45) is 0.888. The van der Waals surface area contributed by atoms with Crippen LogP contribution in [-0.2, 0) is 25.3 Å². The molecule has 5 nitrogen and oxygen atoms in total. The van der Waals surface area contributed by atoms with E-state index in [1.807, 2.05) is 33.8 Å². The van der Waals surface area contributed by atoms with Gasteiger partial charge in [-0.25, -0.2) is 0 Å². The standard InChI is InChI=1S/C18H26BNO4/c1-6-13-9-14(19-23-17(2,3)18(4,5)24-19)11-15(10-13)20-7-8-22-12-16(20)21/h9-11H,6-8,12H2,1-5H3. The van der Waals surface area contributed by atoms with E-state index in [9.17, 15) is 4.79 Å². The fourth-order valence-corrected chi connectivity index (χ4v) is 2.97. The second-order valence-electron chi connectivity index (χ2n) is 7.47. The zero-order valence-corrected chi connectivity index (χ0v) is 15.2. The third-order valence-corrected chi connectivity index (χ3v) is 5.23. The predicted octanol–water partition coefficient (Wildman–Crippen LogP) is 1.91. The number of rotatable bonds is 3. The van der Waals surface area contributed by atoms with Gasteiger partial charge in [0.25, 0.3) is 5.91 Å². The van der Waals surface area contributed by atoms with E-state index in [2.05, 4.69) is 19.1 Å². The van der Waals surface area contributed by atoms with Crippen LogP contribution in [0.15, 0.2) is 18.2 Å². The lowest BCUT2D eigenvalue weighted by Gasteiger charge is -2.32. The maximum atomic E-state index is 12.2. The monoisotopic (exact) mass is 331 g/mol. The Morgan fingerprint density at radius 3 is 2.38 bits per heavy atom. The molecule has 2 fully saturated rings. The molecule has 6 heteroatoms. The Morgan fingerprint density at radius 2 is 1.79 bits per heavy atom. The maximum Gasteiger partial charge on any atom is 0.494 e. The van der Waals surface area contributed by atoms with Gasteiger partial charge < -0.3 is 18.9 Å². The van der Waals surface area contributed by atoms with Crippen LogP contribution in [0, 0.1) is 0 Å². The van der Waals surface area contributed by atoms with Crippen molar-refractivity contribution in [2.75, 3.05) is 24.7 Å². The van der Waals surface area contributed by atoms with Crippen molar-refractivity contribution in [3.63, 3.8) is 0 Å². The number of amides is 1. The van der Waals surface area contributed by atoms with E-state index in [0.29, 0.717) is 13.2 Å². The number of morpholine rings is 1. The molecule has 2 heterocycles. The highest BCUT2D eigenvalue weighted by molar-refractivity contribution is 6.62. The second-order valence-corrected chi connectivity index (χ2v) is 7.47. The average Bonchev–Trinajstić information content (AvgIpc) is 2.75. The molecule has 2 saturated heterocycles. The lowest BCUT2D eigenvalue weighted by Crippen LogP contribution is -2.43. The molecule has 0 bridgehead atoms. The van der Waals surface area contributed by atoms with E-state index >= 15 is 0 Å². The number of nitrogens with zero attached hydrogens (tertiary/aromatic N) is 1. The Kier molecular flexibility index (Phi) is 4.49. The van der Waals surface area contributed by atoms with Crippen LogP contribution in [0.5, 0.6) is 0 Å². The van der Waals surface area contributed by atoms with E-state index in [4.69, 9.17) is 14.0 Å². The van der Waals surface area contributed by atoms with Gasteiger partial charge in [-0.2, -0.15) is 0 Å². The van der Waals surface area contributed by atoms with E-state index in [-0.39, 0.29) is 23.7 Å². The van der Waals surface area contributed by atoms with Gasteiger partial charge in [0.2, 0.25) is 0 Å². The molecule has 0 spiro atoms. The van der Waals surface area contributed by atoms with Gasteiger partial charge in [-0.15, -0.1) is 0 Å². The highest BCUT2D eigenvalue weighted by atomic mass is 16.7. The molecule has 1 aromatic rings. The summed E-state index contributed by atoms with van der Waals surface area (Å²) in [7, 11) is -0.420. The summed E-state index contributed by atoms with van der Waals surface area (Å²) in [5.74, 6) is -0.00521. The zero-order chi connectivity index (χ0) is 17.5. The van der Waals surface area contributed by atoms with Crippen LogP contribution in [0.4, 0.5) is 5.69 Å². The summed E-state index contributed by atoms with van der Waals surface area (Å²) in [6, 6.07) is 6.18. The van der Waals surface area contributed by atoms with Crippen molar-refractivity contribution in [3.05, 3.63) is 23.8 Å². The van der Waals surface area contributed by atoms with Gasteiger partial charge in [0, 0.05) is 12.2 Å². The number of anilines is 1. The fourth-order valence-electron chi connectivity index (χ4n) is 2.97. The Bertz CT molecular complexity index is 628. The first kappa shape index (κ1) is 17.5. The number of hydrogen-bond donors (Lipinski definition) is 0.